The number of Topliss-reactive ketones (excluding diaryl/α,β-unsaturated/α-hetero) is 1. The highest BCUT2D eigenvalue weighted by Crippen LogP contribution is 2.39. The van der Waals surface area contributed by atoms with Crippen molar-refractivity contribution < 1.29 is 13.4 Å². The second-order valence-electron chi connectivity index (χ2n) is 5.82. The summed E-state index contributed by atoms with van der Waals surface area (Å²) in [7, 11) is -0.785. The molecule has 2 aliphatic rings. The normalized spacial score (nSPS) is 30.9. The minimum atomic E-state index is -0.785. The first-order valence-corrected chi connectivity index (χ1v) is 8.46. The summed E-state index contributed by atoms with van der Waals surface area (Å²) < 4.78 is 25.8. The van der Waals surface area contributed by atoms with Crippen LogP contribution in [0.2, 0.25) is 0 Å². The Hall–Kier alpha value is -1.54. The highest BCUT2D eigenvalue weighted by molar-refractivity contribution is 7.86. The van der Waals surface area contributed by atoms with Crippen molar-refractivity contribution >= 4 is 16.6 Å². The first-order valence-electron chi connectivity index (χ1n) is 7.19. The van der Waals surface area contributed by atoms with E-state index in [1.165, 1.54) is 12.1 Å². The molecule has 5 heteroatoms. The molecule has 1 aromatic carbocycles. The summed E-state index contributed by atoms with van der Waals surface area (Å²) in [5, 5.41) is 8.88. The topological polar surface area (TPSA) is 57.9 Å². The van der Waals surface area contributed by atoms with Gasteiger partial charge in [0.15, 0.2) is 5.78 Å². The standard InChI is InChI=1S/C16H16FNO2S/c17-15-9-11(2-1-10(15)5-6-18)16(19)12-7-13-3-4-14(8-12)21(13)20/h1-2,9,12-14H,3-5,7-8H2. The smallest absolute Gasteiger partial charge is 0.166 e. The van der Waals surface area contributed by atoms with Crippen molar-refractivity contribution in [1.29, 1.82) is 5.26 Å². The van der Waals surface area contributed by atoms with Gasteiger partial charge in [-0.05, 0) is 31.7 Å². The van der Waals surface area contributed by atoms with Gasteiger partial charge in [-0.3, -0.25) is 9.00 Å². The number of carbonyl (C=O) groups is 1. The van der Waals surface area contributed by atoms with E-state index in [9.17, 15) is 13.4 Å². The largest absolute Gasteiger partial charge is 0.294 e. The molecule has 0 radical (unpaired) electrons. The van der Waals surface area contributed by atoms with Gasteiger partial charge in [0.1, 0.15) is 5.82 Å². The van der Waals surface area contributed by atoms with Crippen molar-refractivity contribution in [2.24, 2.45) is 5.92 Å². The Morgan fingerprint density at radius 3 is 2.57 bits per heavy atom. The van der Waals surface area contributed by atoms with Crippen LogP contribution in [-0.4, -0.2) is 20.5 Å². The average molecular weight is 305 g/mol. The van der Waals surface area contributed by atoms with Crippen LogP contribution in [0.5, 0.6) is 0 Å². The summed E-state index contributed by atoms with van der Waals surface area (Å²) in [5.41, 5.74) is 0.685. The number of hydrogen-bond acceptors (Lipinski definition) is 3. The van der Waals surface area contributed by atoms with E-state index in [1.807, 2.05) is 6.07 Å². The molecule has 2 heterocycles. The molecule has 2 unspecified atom stereocenters. The molecular formula is C16H16FNO2S. The SMILES string of the molecule is N#CCc1ccc(C(=O)C2CC3CCC(C2)S3=O)cc1F. The fraction of sp³-hybridized carbons (Fsp3) is 0.500. The van der Waals surface area contributed by atoms with Crippen LogP contribution < -0.4 is 0 Å². The molecule has 21 heavy (non-hydrogen) atoms. The van der Waals surface area contributed by atoms with Gasteiger partial charge in [-0.2, -0.15) is 5.26 Å². The fourth-order valence-corrected chi connectivity index (χ4v) is 5.54. The number of nitrogens with zero attached hydrogens (tertiary/aromatic N) is 1. The molecule has 3 rings (SSSR count). The number of halogens is 1. The van der Waals surface area contributed by atoms with Crippen LogP contribution >= 0.6 is 0 Å². The predicted octanol–water partition coefficient (Wildman–Crippen LogP) is 2.76. The molecule has 2 fully saturated rings. The summed E-state index contributed by atoms with van der Waals surface area (Å²) >= 11 is 0. The Bertz CT molecular complexity index is 636. The second kappa shape index (κ2) is 5.69. The van der Waals surface area contributed by atoms with Gasteiger partial charge in [-0.25, -0.2) is 4.39 Å². The zero-order chi connectivity index (χ0) is 15.0. The van der Waals surface area contributed by atoms with Gasteiger partial charge in [0.05, 0.1) is 12.5 Å². The van der Waals surface area contributed by atoms with E-state index in [4.69, 9.17) is 5.26 Å². The molecule has 2 aliphatic heterocycles. The number of hydrogen-bond donors (Lipinski definition) is 0. The number of benzene rings is 1. The third kappa shape index (κ3) is 2.65. The van der Waals surface area contributed by atoms with E-state index in [1.54, 1.807) is 6.07 Å². The number of fused-ring (bicyclic) bond motifs is 2. The molecule has 2 atom stereocenters. The van der Waals surface area contributed by atoms with E-state index in [-0.39, 0.29) is 28.6 Å². The molecule has 2 bridgehead atoms. The maximum Gasteiger partial charge on any atom is 0.166 e. The van der Waals surface area contributed by atoms with E-state index in [0.29, 0.717) is 24.0 Å². The van der Waals surface area contributed by atoms with Gasteiger partial charge in [-0.15, -0.1) is 0 Å². The molecule has 0 N–H and O–H groups in total. The molecule has 0 saturated carbocycles. The zero-order valence-electron chi connectivity index (χ0n) is 11.5. The summed E-state index contributed by atoms with van der Waals surface area (Å²) in [5.74, 6) is -0.683. The number of ketones is 1. The van der Waals surface area contributed by atoms with Gasteiger partial charge in [-0.1, -0.05) is 12.1 Å². The van der Waals surface area contributed by atoms with E-state index >= 15 is 0 Å². The predicted molar refractivity (Wildman–Crippen MR) is 77.7 cm³/mol. The van der Waals surface area contributed by atoms with Crippen LogP contribution in [-0.2, 0) is 17.2 Å². The van der Waals surface area contributed by atoms with Crippen molar-refractivity contribution in [3.63, 3.8) is 0 Å². The van der Waals surface area contributed by atoms with Gasteiger partial charge in [0.2, 0.25) is 0 Å². The molecule has 0 aromatic heterocycles. The first-order chi connectivity index (χ1) is 10.1. The number of rotatable bonds is 3. The molecule has 1 aromatic rings. The Morgan fingerprint density at radius 2 is 2.00 bits per heavy atom. The monoisotopic (exact) mass is 305 g/mol. The minimum absolute atomic E-state index is 0.00681. The van der Waals surface area contributed by atoms with E-state index < -0.39 is 16.6 Å². The summed E-state index contributed by atoms with van der Waals surface area (Å²) in [6.45, 7) is 0. The van der Waals surface area contributed by atoms with Crippen LogP contribution in [0, 0.1) is 23.1 Å². The van der Waals surface area contributed by atoms with Crippen LogP contribution in [0.4, 0.5) is 4.39 Å². The summed E-state index contributed by atoms with van der Waals surface area (Å²) in [6.07, 6.45) is 3.20. The lowest BCUT2D eigenvalue weighted by Gasteiger charge is -2.26. The molecular weight excluding hydrogens is 289 g/mol. The highest BCUT2D eigenvalue weighted by atomic mass is 32.2. The van der Waals surface area contributed by atoms with Crippen molar-refractivity contribution in [1.82, 2.24) is 0 Å². The first kappa shape index (κ1) is 14.4. The van der Waals surface area contributed by atoms with Crippen molar-refractivity contribution in [2.45, 2.75) is 42.6 Å². The van der Waals surface area contributed by atoms with Crippen molar-refractivity contribution in [3.05, 3.63) is 35.1 Å². The highest BCUT2D eigenvalue weighted by Gasteiger charge is 2.42. The molecule has 110 valence electrons. The molecule has 2 saturated heterocycles. The lowest BCUT2D eigenvalue weighted by molar-refractivity contribution is 0.0905. The lowest BCUT2D eigenvalue weighted by Crippen LogP contribution is -2.32. The molecule has 0 amide bonds. The van der Waals surface area contributed by atoms with Gasteiger partial charge >= 0.3 is 0 Å². The van der Waals surface area contributed by atoms with Crippen LogP contribution in [0.1, 0.15) is 41.6 Å². The quantitative estimate of drug-likeness (QED) is 0.807. The zero-order valence-corrected chi connectivity index (χ0v) is 12.4. The number of nitriles is 1. The molecule has 0 aliphatic carbocycles. The Labute approximate surface area is 125 Å². The number of carbonyl (C=O) groups excluding carboxylic acids is 1. The van der Waals surface area contributed by atoms with Crippen LogP contribution in [0.15, 0.2) is 18.2 Å². The molecule has 3 nitrogen and oxygen atoms in total. The van der Waals surface area contributed by atoms with Crippen LogP contribution in [0.3, 0.4) is 0 Å². The Balaban J connectivity index is 1.78. The maximum absolute atomic E-state index is 13.8. The molecule has 0 spiro atoms. The summed E-state index contributed by atoms with van der Waals surface area (Å²) in [6, 6.07) is 6.26. The van der Waals surface area contributed by atoms with E-state index in [2.05, 4.69) is 0 Å². The Morgan fingerprint density at radius 1 is 1.33 bits per heavy atom. The third-order valence-electron chi connectivity index (χ3n) is 4.54. The fourth-order valence-electron chi connectivity index (χ4n) is 3.41. The Kier molecular flexibility index (Phi) is 3.90. The van der Waals surface area contributed by atoms with E-state index in [0.717, 1.165) is 12.8 Å². The third-order valence-corrected chi connectivity index (χ3v) is 6.71. The van der Waals surface area contributed by atoms with Crippen molar-refractivity contribution in [2.75, 3.05) is 0 Å². The van der Waals surface area contributed by atoms with Crippen LogP contribution in [0.25, 0.3) is 0 Å². The lowest BCUT2D eigenvalue weighted by atomic mass is 9.90. The average Bonchev–Trinajstić information content (AvgIpc) is 2.70. The maximum atomic E-state index is 13.8. The van der Waals surface area contributed by atoms with Crippen molar-refractivity contribution in [3.8, 4) is 6.07 Å². The second-order valence-corrected chi connectivity index (χ2v) is 7.81. The van der Waals surface area contributed by atoms with Gasteiger partial charge < -0.3 is 0 Å². The minimum Gasteiger partial charge on any atom is -0.294 e. The van der Waals surface area contributed by atoms with Gasteiger partial charge in [0.25, 0.3) is 0 Å². The summed E-state index contributed by atoms with van der Waals surface area (Å²) in [4.78, 5) is 12.5. The van der Waals surface area contributed by atoms with Gasteiger partial charge in [0, 0.05) is 38.3 Å².